The van der Waals surface area contributed by atoms with Gasteiger partial charge in [0.1, 0.15) is 0 Å². The summed E-state index contributed by atoms with van der Waals surface area (Å²) in [6.07, 6.45) is 3.66. The van der Waals surface area contributed by atoms with Gasteiger partial charge in [-0.1, -0.05) is 44.2 Å². The van der Waals surface area contributed by atoms with E-state index in [1.165, 1.54) is 0 Å². The molecule has 1 aromatic carbocycles. The predicted molar refractivity (Wildman–Crippen MR) is 91.3 cm³/mol. The quantitative estimate of drug-likeness (QED) is 0.511. The molecule has 0 amide bonds. The van der Waals surface area contributed by atoms with Crippen molar-refractivity contribution in [1.29, 1.82) is 0 Å². The Morgan fingerprint density at radius 3 is 2.68 bits per heavy atom. The Kier molecular flexibility index (Phi) is 8.84. The molecule has 3 atom stereocenters. The Balaban J connectivity index is 2.52. The van der Waals surface area contributed by atoms with Crippen LogP contribution in [0.1, 0.15) is 63.2 Å². The molecule has 0 aromatic heterocycles. The molecule has 0 radical (unpaired) electrons. The lowest BCUT2D eigenvalue weighted by molar-refractivity contribution is 0.121. The maximum Gasteiger partial charge on any atom is 0.0828 e. The zero-order valence-electron chi connectivity index (χ0n) is 13.8. The number of aliphatic hydroxyl groups excluding tert-OH is 2. The highest BCUT2D eigenvalue weighted by molar-refractivity contribution is 5.37. The number of nitrogens with two attached hydrogens (primary N) is 1. The van der Waals surface area contributed by atoms with Gasteiger partial charge in [-0.3, -0.25) is 0 Å². The summed E-state index contributed by atoms with van der Waals surface area (Å²) in [5.41, 5.74) is 7.38. The van der Waals surface area contributed by atoms with Crippen molar-refractivity contribution in [2.45, 2.75) is 58.2 Å². The average Bonchev–Trinajstić information content (AvgIpc) is 2.53. The van der Waals surface area contributed by atoms with Gasteiger partial charge in [-0.2, -0.15) is 0 Å². The van der Waals surface area contributed by atoms with Crippen LogP contribution in [0.4, 0.5) is 0 Å². The molecule has 0 spiro atoms. The number of benzene rings is 1. The summed E-state index contributed by atoms with van der Waals surface area (Å²) in [5.74, 6) is 6.30. The minimum absolute atomic E-state index is 0.0308. The van der Waals surface area contributed by atoms with Crippen LogP contribution in [0, 0.1) is 17.8 Å². The monoisotopic (exact) mass is 303 g/mol. The van der Waals surface area contributed by atoms with Crippen molar-refractivity contribution in [3.63, 3.8) is 0 Å². The van der Waals surface area contributed by atoms with Crippen molar-refractivity contribution >= 4 is 0 Å². The molecular formula is C19H29NO2. The topological polar surface area (TPSA) is 66.5 Å². The predicted octanol–water partition coefficient (Wildman–Crippen LogP) is 3.00. The molecule has 0 aliphatic heterocycles. The summed E-state index contributed by atoms with van der Waals surface area (Å²) in [4.78, 5) is 0. The van der Waals surface area contributed by atoms with Crippen molar-refractivity contribution in [3.8, 4) is 11.8 Å². The highest BCUT2D eigenvalue weighted by Gasteiger charge is 2.14. The highest BCUT2D eigenvalue weighted by Crippen LogP contribution is 2.21. The lowest BCUT2D eigenvalue weighted by Gasteiger charge is -2.17. The average molecular weight is 303 g/mol. The molecule has 4 N–H and O–H groups in total. The summed E-state index contributed by atoms with van der Waals surface area (Å²) in [6.45, 7) is 4.47. The molecule has 0 aliphatic rings. The van der Waals surface area contributed by atoms with Crippen LogP contribution in [-0.4, -0.2) is 22.9 Å². The second-order valence-electron chi connectivity index (χ2n) is 5.92. The van der Waals surface area contributed by atoms with Gasteiger partial charge in [-0.15, -0.1) is 0 Å². The first-order valence-electron chi connectivity index (χ1n) is 8.23. The molecule has 1 aromatic rings. The molecule has 1 rings (SSSR count). The molecule has 3 unspecified atom stereocenters. The van der Waals surface area contributed by atoms with Gasteiger partial charge in [0.25, 0.3) is 0 Å². The van der Waals surface area contributed by atoms with Crippen molar-refractivity contribution < 1.29 is 10.2 Å². The summed E-state index contributed by atoms with van der Waals surface area (Å²) in [5, 5.41) is 19.8. The molecule has 0 saturated heterocycles. The van der Waals surface area contributed by atoms with Crippen LogP contribution in [0.15, 0.2) is 24.3 Å². The Morgan fingerprint density at radius 1 is 1.23 bits per heavy atom. The van der Waals surface area contributed by atoms with E-state index in [4.69, 9.17) is 5.73 Å². The number of rotatable bonds is 8. The third kappa shape index (κ3) is 6.62. The van der Waals surface area contributed by atoms with Crippen LogP contribution in [0.5, 0.6) is 0 Å². The van der Waals surface area contributed by atoms with E-state index in [0.717, 1.165) is 43.2 Å². The smallest absolute Gasteiger partial charge is 0.0828 e. The van der Waals surface area contributed by atoms with Crippen molar-refractivity contribution in [2.24, 2.45) is 11.7 Å². The summed E-state index contributed by atoms with van der Waals surface area (Å²) >= 11 is 0. The van der Waals surface area contributed by atoms with Crippen LogP contribution in [0.25, 0.3) is 0 Å². The first kappa shape index (κ1) is 18.7. The molecule has 0 saturated carbocycles. The maximum atomic E-state index is 10.2. The molecule has 122 valence electrons. The zero-order valence-corrected chi connectivity index (χ0v) is 13.8. The maximum absolute atomic E-state index is 10.2. The standard InChI is InChI=1S/C19H29NO2/c1-3-8-18(21)12-6-4-5-9-16-10-7-11-17(13-16)19(22)15(2)14-20/h7,10-11,13,15,18-19,21-22H,3-4,6,8,12,14,20H2,1-2H3. The van der Waals surface area contributed by atoms with E-state index in [9.17, 15) is 10.2 Å². The van der Waals surface area contributed by atoms with Gasteiger partial charge in [0.05, 0.1) is 12.2 Å². The Hall–Kier alpha value is -1.34. The molecule has 3 heteroatoms. The Bertz CT molecular complexity index is 490. The van der Waals surface area contributed by atoms with Crippen molar-refractivity contribution in [1.82, 2.24) is 0 Å². The molecule has 3 nitrogen and oxygen atoms in total. The fraction of sp³-hybridized carbons (Fsp3) is 0.579. The first-order chi connectivity index (χ1) is 10.6. The second kappa shape index (κ2) is 10.4. The van der Waals surface area contributed by atoms with Crippen LogP contribution < -0.4 is 5.73 Å². The third-order valence-corrected chi connectivity index (χ3v) is 3.83. The zero-order chi connectivity index (χ0) is 16.4. The Morgan fingerprint density at radius 2 is 2.00 bits per heavy atom. The van der Waals surface area contributed by atoms with Gasteiger partial charge < -0.3 is 15.9 Å². The van der Waals surface area contributed by atoms with Gasteiger partial charge in [0.15, 0.2) is 0 Å². The largest absolute Gasteiger partial charge is 0.393 e. The molecule has 22 heavy (non-hydrogen) atoms. The van der Waals surface area contributed by atoms with Crippen LogP contribution >= 0.6 is 0 Å². The molecule has 0 heterocycles. The van der Waals surface area contributed by atoms with E-state index in [0.29, 0.717) is 6.54 Å². The van der Waals surface area contributed by atoms with Crippen LogP contribution in [0.2, 0.25) is 0 Å². The van der Waals surface area contributed by atoms with Gasteiger partial charge in [-0.25, -0.2) is 0 Å². The minimum atomic E-state index is -0.545. The van der Waals surface area contributed by atoms with Crippen molar-refractivity contribution in [3.05, 3.63) is 35.4 Å². The molecule has 0 bridgehead atoms. The van der Waals surface area contributed by atoms with E-state index in [2.05, 4.69) is 18.8 Å². The number of hydrogen-bond acceptors (Lipinski definition) is 3. The van der Waals surface area contributed by atoms with Crippen molar-refractivity contribution in [2.75, 3.05) is 6.54 Å². The van der Waals surface area contributed by atoms with Gasteiger partial charge in [0.2, 0.25) is 0 Å². The van der Waals surface area contributed by atoms with Gasteiger partial charge in [-0.05, 0) is 49.4 Å². The normalized spacial score (nSPS) is 14.8. The third-order valence-electron chi connectivity index (χ3n) is 3.83. The summed E-state index contributed by atoms with van der Waals surface area (Å²) in [6, 6.07) is 7.69. The number of aliphatic hydroxyl groups is 2. The number of unbranched alkanes of at least 4 members (excludes halogenated alkanes) is 1. The van der Waals surface area contributed by atoms with Crippen LogP contribution in [0.3, 0.4) is 0 Å². The highest BCUT2D eigenvalue weighted by atomic mass is 16.3. The van der Waals surface area contributed by atoms with Crippen LogP contribution in [-0.2, 0) is 0 Å². The lowest BCUT2D eigenvalue weighted by Crippen LogP contribution is -2.18. The number of hydrogen-bond donors (Lipinski definition) is 3. The summed E-state index contributed by atoms with van der Waals surface area (Å²) in [7, 11) is 0. The molecular weight excluding hydrogens is 274 g/mol. The lowest BCUT2D eigenvalue weighted by atomic mass is 9.96. The minimum Gasteiger partial charge on any atom is -0.393 e. The van der Waals surface area contributed by atoms with E-state index in [-0.39, 0.29) is 12.0 Å². The van der Waals surface area contributed by atoms with E-state index in [1.54, 1.807) is 0 Å². The van der Waals surface area contributed by atoms with E-state index >= 15 is 0 Å². The SMILES string of the molecule is CCCC(O)CCCC#Cc1cccc(C(O)C(C)CN)c1. The second-order valence-corrected chi connectivity index (χ2v) is 5.92. The Labute approximate surface area is 134 Å². The summed E-state index contributed by atoms with van der Waals surface area (Å²) < 4.78 is 0. The molecule has 0 aliphatic carbocycles. The first-order valence-corrected chi connectivity index (χ1v) is 8.23. The fourth-order valence-electron chi connectivity index (χ4n) is 2.33. The molecule has 0 fully saturated rings. The van der Waals surface area contributed by atoms with Gasteiger partial charge >= 0.3 is 0 Å². The van der Waals surface area contributed by atoms with Gasteiger partial charge in [0, 0.05) is 12.0 Å². The van der Waals surface area contributed by atoms with E-state index < -0.39 is 6.10 Å². The fourth-order valence-corrected chi connectivity index (χ4v) is 2.33. The van der Waals surface area contributed by atoms with E-state index in [1.807, 2.05) is 31.2 Å².